The molecule has 0 bridgehead atoms. The Kier molecular flexibility index (Phi) is 11.8. The van der Waals surface area contributed by atoms with Gasteiger partial charge in [-0.15, -0.1) is 0 Å². The molecule has 4 nitrogen and oxygen atoms in total. The Hall–Kier alpha value is -0.493. The maximum absolute atomic E-state index is 11.6. The minimum atomic E-state index is -2.69. The molecular weight excluding hydrogens is 284 g/mol. The van der Waals surface area contributed by atoms with Crippen LogP contribution < -0.4 is 0 Å². The molecule has 0 spiro atoms. The third-order valence-electron chi connectivity index (χ3n) is 3.61. The maximum atomic E-state index is 11.6. The highest BCUT2D eigenvalue weighted by Crippen LogP contribution is 2.19. The minimum absolute atomic E-state index is 0.000262. The first-order chi connectivity index (χ1) is 10.0. The van der Waals surface area contributed by atoms with Crippen LogP contribution in [0.15, 0.2) is 12.2 Å². The number of ketones is 1. The van der Waals surface area contributed by atoms with Crippen LogP contribution in [0.5, 0.6) is 0 Å². The fourth-order valence-electron chi connectivity index (χ4n) is 2.07. The summed E-state index contributed by atoms with van der Waals surface area (Å²) in [5.74, 6) is -0.0967. The van der Waals surface area contributed by atoms with Gasteiger partial charge in [0.1, 0.15) is 6.61 Å². The summed E-state index contributed by atoms with van der Waals surface area (Å²) in [5.41, 5.74) is 0.501. The summed E-state index contributed by atoms with van der Waals surface area (Å²) in [7, 11) is 0.509. The van der Waals surface area contributed by atoms with Crippen LogP contribution in [0.25, 0.3) is 0 Å². The van der Waals surface area contributed by atoms with Gasteiger partial charge in [-0.25, -0.2) is 0 Å². The molecule has 21 heavy (non-hydrogen) atoms. The van der Waals surface area contributed by atoms with Crippen LogP contribution in [-0.2, 0) is 18.1 Å². The first kappa shape index (κ1) is 20.5. The average Bonchev–Trinajstić information content (AvgIpc) is 2.49. The van der Waals surface area contributed by atoms with Gasteiger partial charge in [0.25, 0.3) is 0 Å². The van der Waals surface area contributed by atoms with Crippen LogP contribution in [-0.4, -0.2) is 35.4 Å². The predicted molar refractivity (Wildman–Crippen MR) is 88.3 cm³/mol. The van der Waals surface area contributed by atoms with Crippen LogP contribution >= 0.6 is 0 Å². The van der Waals surface area contributed by atoms with Crippen molar-refractivity contribution in [3.63, 3.8) is 0 Å². The lowest BCUT2D eigenvalue weighted by Crippen LogP contribution is -2.45. The molecule has 0 saturated carbocycles. The van der Waals surface area contributed by atoms with Gasteiger partial charge in [-0.05, 0) is 18.9 Å². The summed E-state index contributed by atoms with van der Waals surface area (Å²) >= 11 is 0. The van der Waals surface area contributed by atoms with E-state index in [9.17, 15) is 4.79 Å². The largest absolute Gasteiger partial charge is 0.500 e. The van der Waals surface area contributed by atoms with E-state index in [1.54, 1.807) is 21.1 Å². The Balaban J connectivity index is 4.04. The number of Topliss-reactive ketones (excluding diaryl/α,β-unsaturated/α-hetero) is 1. The van der Waals surface area contributed by atoms with Gasteiger partial charge in [0.05, 0.1) is 0 Å². The van der Waals surface area contributed by atoms with Gasteiger partial charge in [-0.1, -0.05) is 52.0 Å². The lowest BCUT2D eigenvalue weighted by Gasteiger charge is -2.26. The van der Waals surface area contributed by atoms with Gasteiger partial charge in [-0.3, -0.25) is 4.79 Å². The Morgan fingerprint density at radius 1 is 1.00 bits per heavy atom. The Morgan fingerprint density at radius 3 is 2.00 bits per heavy atom. The lowest BCUT2D eigenvalue weighted by atomic mass is 10.1. The van der Waals surface area contributed by atoms with E-state index in [-0.39, 0.29) is 12.4 Å². The molecular formula is C16H32O4Si. The van der Waals surface area contributed by atoms with Gasteiger partial charge in [-0.2, -0.15) is 0 Å². The van der Waals surface area contributed by atoms with Gasteiger partial charge in [0.15, 0.2) is 5.78 Å². The predicted octanol–water partition coefficient (Wildman–Crippen LogP) is 4.13. The van der Waals surface area contributed by atoms with E-state index < -0.39 is 8.80 Å². The van der Waals surface area contributed by atoms with E-state index in [0.717, 1.165) is 18.9 Å². The second-order valence-corrected chi connectivity index (χ2v) is 8.43. The third-order valence-corrected chi connectivity index (χ3v) is 6.40. The minimum Gasteiger partial charge on any atom is -0.377 e. The van der Waals surface area contributed by atoms with E-state index in [0.29, 0.717) is 5.57 Å². The maximum Gasteiger partial charge on any atom is 0.500 e. The zero-order chi connectivity index (χ0) is 16.1. The molecule has 0 aromatic carbocycles. The van der Waals surface area contributed by atoms with Crippen molar-refractivity contribution >= 4 is 14.6 Å². The van der Waals surface area contributed by atoms with Crippen molar-refractivity contribution in [1.29, 1.82) is 0 Å². The molecule has 0 aromatic rings. The molecule has 0 N–H and O–H groups in total. The van der Waals surface area contributed by atoms with Crippen LogP contribution in [0.4, 0.5) is 0 Å². The van der Waals surface area contributed by atoms with E-state index >= 15 is 0 Å². The zero-order valence-electron chi connectivity index (χ0n) is 14.2. The van der Waals surface area contributed by atoms with Crippen molar-refractivity contribution in [3.05, 3.63) is 12.2 Å². The standard InChI is InChI=1S/C16H32O4Si/c1-6-7-8-9-10-11-12-13-21(18-4,19-5)20-14-16(17)15(2)3/h2,6-14H2,1,3-5H3. The van der Waals surface area contributed by atoms with Crippen molar-refractivity contribution in [1.82, 2.24) is 0 Å². The van der Waals surface area contributed by atoms with Crippen molar-refractivity contribution in [2.75, 3.05) is 20.8 Å². The highest BCUT2D eigenvalue weighted by Gasteiger charge is 2.38. The summed E-state index contributed by atoms with van der Waals surface area (Å²) in [5, 5.41) is 0. The van der Waals surface area contributed by atoms with E-state index in [1.807, 2.05) is 0 Å². The van der Waals surface area contributed by atoms with E-state index in [4.69, 9.17) is 13.3 Å². The third kappa shape index (κ3) is 9.19. The molecule has 124 valence electrons. The summed E-state index contributed by atoms with van der Waals surface area (Å²) in [4.78, 5) is 11.6. The quantitative estimate of drug-likeness (QED) is 0.274. The molecule has 0 unspecified atom stereocenters. The normalized spacial score (nSPS) is 11.6. The topological polar surface area (TPSA) is 44.8 Å². The van der Waals surface area contributed by atoms with Crippen molar-refractivity contribution in [2.24, 2.45) is 0 Å². The van der Waals surface area contributed by atoms with Gasteiger partial charge in [0, 0.05) is 20.3 Å². The lowest BCUT2D eigenvalue weighted by molar-refractivity contribution is -0.118. The van der Waals surface area contributed by atoms with Crippen molar-refractivity contribution in [2.45, 2.75) is 64.8 Å². The van der Waals surface area contributed by atoms with Crippen LogP contribution in [0, 0.1) is 0 Å². The fourth-order valence-corrected chi connectivity index (χ4v) is 4.06. The second-order valence-electron chi connectivity index (χ2n) is 5.45. The number of unbranched alkanes of at least 4 members (excludes halogenated alkanes) is 6. The molecule has 5 heteroatoms. The molecule has 0 aromatic heterocycles. The number of carbonyl (C=O) groups is 1. The molecule has 0 saturated heterocycles. The van der Waals surface area contributed by atoms with Crippen molar-refractivity contribution < 1.29 is 18.1 Å². The molecule has 0 amide bonds. The highest BCUT2D eigenvalue weighted by atomic mass is 28.4. The molecule has 0 aliphatic carbocycles. The second kappa shape index (κ2) is 12.1. The highest BCUT2D eigenvalue weighted by molar-refractivity contribution is 6.60. The van der Waals surface area contributed by atoms with Gasteiger partial charge < -0.3 is 13.3 Å². The number of rotatable bonds is 14. The van der Waals surface area contributed by atoms with Crippen LogP contribution in [0.1, 0.15) is 58.8 Å². The fraction of sp³-hybridized carbons (Fsp3) is 0.812. The monoisotopic (exact) mass is 316 g/mol. The smallest absolute Gasteiger partial charge is 0.377 e. The van der Waals surface area contributed by atoms with E-state index in [2.05, 4.69) is 13.5 Å². The SMILES string of the molecule is C=C(C)C(=O)CO[Si](CCCCCCCCC)(OC)OC. The molecule has 0 rings (SSSR count). The van der Waals surface area contributed by atoms with Crippen LogP contribution in [0.3, 0.4) is 0 Å². The van der Waals surface area contributed by atoms with Crippen molar-refractivity contribution in [3.8, 4) is 0 Å². The molecule has 0 aliphatic rings. The van der Waals surface area contributed by atoms with Gasteiger partial charge >= 0.3 is 8.80 Å². The first-order valence-electron chi connectivity index (χ1n) is 7.94. The number of hydrogen-bond donors (Lipinski definition) is 0. The Bertz CT molecular complexity index is 301. The Morgan fingerprint density at radius 2 is 1.52 bits per heavy atom. The number of carbonyl (C=O) groups excluding carboxylic acids is 1. The summed E-state index contributed by atoms with van der Waals surface area (Å²) in [6.07, 6.45) is 8.61. The van der Waals surface area contributed by atoms with E-state index in [1.165, 1.54) is 32.1 Å². The average molecular weight is 317 g/mol. The molecule has 0 heterocycles. The summed E-state index contributed by atoms with van der Waals surface area (Å²) < 4.78 is 16.6. The summed E-state index contributed by atoms with van der Waals surface area (Å²) in [6, 6.07) is 0.761. The first-order valence-corrected chi connectivity index (χ1v) is 9.87. The molecule has 0 aliphatic heterocycles. The molecule has 0 atom stereocenters. The molecule has 0 fully saturated rings. The van der Waals surface area contributed by atoms with Crippen LogP contribution in [0.2, 0.25) is 6.04 Å². The Labute approximate surface area is 131 Å². The summed E-state index contributed by atoms with van der Waals surface area (Å²) in [6.45, 7) is 7.53. The number of hydrogen-bond acceptors (Lipinski definition) is 4. The van der Waals surface area contributed by atoms with Gasteiger partial charge in [0.2, 0.25) is 0 Å². The molecule has 0 radical (unpaired) electrons. The zero-order valence-corrected chi connectivity index (χ0v) is 15.2.